The predicted octanol–water partition coefficient (Wildman–Crippen LogP) is 0.854. The number of nitrogens with zero attached hydrogens (tertiary/aromatic N) is 3. The molecule has 2 N–H and O–H groups in total. The molecule has 0 aliphatic carbocycles. The first-order valence-electron chi connectivity index (χ1n) is 8.72. The number of aromatic nitrogens is 2. The lowest BCUT2D eigenvalue weighted by atomic mass is 10.2. The fraction of sp³-hybridized carbons (Fsp3) is 0.667. The van der Waals surface area contributed by atoms with Gasteiger partial charge in [-0.25, -0.2) is 4.98 Å². The van der Waals surface area contributed by atoms with Crippen LogP contribution in [0.15, 0.2) is 12.4 Å². The Morgan fingerprint density at radius 2 is 1.52 bits per heavy atom. The third kappa shape index (κ3) is 8.67. The predicted molar refractivity (Wildman–Crippen MR) is 98.4 cm³/mol. The fourth-order valence-corrected chi connectivity index (χ4v) is 2.21. The Bertz CT molecular complexity index is 640. The van der Waals surface area contributed by atoms with E-state index in [4.69, 9.17) is 15.2 Å². The van der Waals surface area contributed by atoms with Crippen LogP contribution in [-0.2, 0) is 36.9 Å². The summed E-state index contributed by atoms with van der Waals surface area (Å²) < 4.78 is 12.1. The molecule has 0 saturated carbocycles. The highest BCUT2D eigenvalue weighted by Gasteiger charge is 2.26. The van der Waals surface area contributed by atoms with Crippen LogP contribution in [0.2, 0.25) is 0 Å². The third-order valence-corrected chi connectivity index (χ3v) is 3.12. The average molecular weight is 382 g/mol. The molecular weight excluding hydrogens is 352 g/mol. The molecule has 0 fully saturated rings. The molecule has 1 amide bonds. The summed E-state index contributed by atoms with van der Waals surface area (Å²) >= 11 is 0. The number of imidazole rings is 1. The Morgan fingerprint density at radius 1 is 1.04 bits per heavy atom. The van der Waals surface area contributed by atoms with Gasteiger partial charge in [-0.05, 0) is 41.5 Å². The molecule has 27 heavy (non-hydrogen) atoms. The largest absolute Gasteiger partial charge is 0.459 e. The van der Waals surface area contributed by atoms with E-state index in [-0.39, 0.29) is 26.2 Å². The first-order valence-corrected chi connectivity index (χ1v) is 8.72. The molecule has 0 radical (unpaired) electrons. The number of hydrogen-bond acceptors (Lipinski definition) is 7. The van der Waals surface area contributed by atoms with Gasteiger partial charge in [0.15, 0.2) is 0 Å². The van der Waals surface area contributed by atoms with E-state index < -0.39 is 29.0 Å². The topological polar surface area (TPSA) is 117 Å². The van der Waals surface area contributed by atoms with Gasteiger partial charge in [-0.2, -0.15) is 0 Å². The lowest BCUT2D eigenvalue weighted by molar-refractivity contribution is -0.164. The van der Waals surface area contributed by atoms with Gasteiger partial charge in [0.05, 0.1) is 6.54 Å². The number of nitrogens with two attached hydrogens (primary N) is 1. The third-order valence-electron chi connectivity index (χ3n) is 3.12. The minimum atomic E-state index is -0.700. The maximum Gasteiger partial charge on any atom is 0.326 e. The van der Waals surface area contributed by atoms with Gasteiger partial charge in [0, 0.05) is 12.4 Å². The highest BCUT2D eigenvalue weighted by Crippen LogP contribution is 2.10. The van der Waals surface area contributed by atoms with Gasteiger partial charge in [-0.3, -0.25) is 14.4 Å². The van der Waals surface area contributed by atoms with E-state index in [0.717, 1.165) is 4.90 Å². The van der Waals surface area contributed by atoms with E-state index in [0.29, 0.717) is 5.82 Å². The maximum atomic E-state index is 12.7. The summed E-state index contributed by atoms with van der Waals surface area (Å²) in [5.74, 6) is -1.13. The van der Waals surface area contributed by atoms with Crippen LogP contribution in [0.25, 0.3) is 0 Å². The Balaban J connectivity index is 2.89. The molecule has 0 atom stereocenters. The van der Waals surface area contributed by atoms with Crippen molar-refractivity contribution in [1.82, 2.24) is 14.5 Å². The van der Waals surface area contributed by atoms with Crippen molar-refractivity contribution in [2.75, 3.05) is 13.1 Å². The second-order valence-electron chi connectivity index (χ2n) is 8.10. The summed E-state index contributed by atoms with van der Waals surface area (Å²) in [5, 5.41) is 0. The zero-order chi connectivity index (χ0) is 20.8. The SMILES string of the molecule is CC(C)(C)OC(=O)CN(CC(=O)OC(C)(C)C)C(=O)Cn1ccnc1CN. The molecule has 1 heterocycles. The van der Waals surface area contributed by atoms with Crippen LogP contribution in [0.4, 0.5) is 0 Å². The Kier molecular flexibility index (Phi) is 7.53. The molecule has 1 rings (SSSR count). The molecule has 1 aromatic heterocycles. The molecule has 0 spiro atoms. The molecule has 0 aromatic carbocycles. The number of esters is 2. The lowest BCUT2D eigenvalue weighted by Crippen LogP contribution is -2.44. The minimum absolute atomic E-state index is 0.0991. The van der Waals surface area contributed by atoms with Gasteiger partial charge >= 0.3 is 11.9 Å². The molecule has 9 heteroatoms. The van der Waals surface area contributed by atoms with Crippen molar-refractivity contribution in [1.29, 1.82) is 0 Å². The summed E-state index contributed by atoms with van der Waals surface area (Å²) in [6.07, 6.45) is 3.14. The van der Waals surface area contributed by atoms with Gasteiger partial charge in [-0.1, -0.05) is 0 Å². The van der Waals surface area contributed by atoms with Crippen LogP contribution in [0.1, 0.15) is 47.4 Å². The first-order chi connectivity index (χ1) is 12.3. The highest BCUT2D eigenvalue weighted by atomic mass is 16.6. The van der Waals surface area contributed by atoms with Crippen molar-refractivity contribution in [3.63, 3.8) is 0 Å². The van der Waals surface area contributed by atoms with Crippen molar-refractivity contribution >= 4 is 17.8 Å². The highest BCUT2D eigenvalue weighted by molar-refractivity contribution is 5.86. The molecule has 1 aromatic rings. The van der Waals surface area contributed by atoms with Crippen LogP contribution in [0.3, 0.4) is 0 Å². The molecule has 152 valence electrons. The van der Waals surface area contributed by atoms with Crippen LogP contribution in [-0.4, -0.2) is 56.6 Å². The van der Waals surface area contributed by atoms with Gasteiger partial charge in [0.25, 0.3) is 0 Å². The van der Waals surface area contributed by atoms with E-state index in [1.54, 1.807) is 52.3 Å². The zero-order valence-electron chi connectivity index (χ0n) is 16.9. The van der Waals surface area contributed by atoms with Gasteiger partial charge in [0.1, 0.15) is 36.7 Å². The smallest absolute Gasteiger partial charge is 0.326 e. The van der Waals surface area contributed by atoms with Crippen LogP contribution >= 0.6 is 0 Å². The minimum Gasteiger partial charge on any atom is -0.459 e. The van der Waals surface area contributed by atoms with E-state index in [2.05, 4.69) is 4.98 Å². The van der Waals surface area contributed by atoms with E-state index in [9.17, 15) is 14.4 Å². The summed E-state index contributed by atoms with van der Waals surface area (Å²) in [6, 6.07) is 0. The molecule has 0 saturated heterocycles. The average Bonchev–Trinajstić information content (AvgIpc) is 2.89. The molecule has 0 aliphatic rings. The second-order valence-corrected chi connectivity index (χ2v) is 8.10. The number of hydrogen-bond donors (Lipinski definition) is 1. The van der Waals surface area contributed by atoms with E-state index in [1.165, 1.54) is 6.20 Å². The van der Waals surface area contributed by atoms with Crippen molar-refractivity contribution in [3.8, 4) is 0 Å². The summed E-state index contributed by atoms with van der Waals surface area (Å²) in [6.45, 7) is 9.70. The van der Waals surface area contributed by atoms with Gasteiger partial charge in [0.2, 0.25) is 5.91 Å². The fourth-order valence-electron chi connectivity index (χ4n) is 2.21. The molecule has 0 unspecified atom stereocenters. The number of ether oxygens (including phenoxy) is 2. The van der Waals surface area contributed by atoms with Crippen LogP contribution < -0.4 is 5.73 Å². The molecule has 0 bridgehead atoms. The molecular formula is C18H30N4O5. The lowest BCUT2D eigenvalue weighted by Gasteiger charge is -2.26. The molecule has 9 nitrogen and oxygen atoms in total. The van der Waals surface area contributed by atoms with Gasteiger partial charge in [-0.15, -0.1) is 0 Å². The number of carbonyl (C=O) groups excluding carboxylic acids is 3. The summed E-state index contributed by atoms with van der Waals surface area (Å²) in [7, 11) is 0. The Labute approximate surface area is 159 Å². The maximum absolute atomic E-state index is 12.7. The summed E-state index contributed by atoms with van der Waals surface area (Å²) in [5.41, 5.74) is 4.19. The zero-order valence-corrected chi connectivity index (χ0v) is 16.9. The Morgan fingerprint density at radius 3 is 1.93 bits per heavy atom. The van der Waals surface area contributed by atoms with E-state index in [1.807, 2.05) is 0 Å². The number of rotatable bonds is 7. The van der Waals surface area contributed by atoms with Crippen molar-refractivity contribution in [3.05, 3.63) is 18.2 Å². The Hall–Kier alpha value is -2.42. The van der Waals surface area contributed by atoms with Gasteiger partial charge < -0.3 is 24.7 Å². The van der Waals surface area contributed by atoms with Crippen LogP contribution in [0, 0.1) is 0 Å². The normalized spacial score (nSPS) is 11.8. The van der Waals surface area contributed by atoms with Crippen molar-refractivity contribution in [2.24, 2.45) is 5.73 Å². The van der Waals surface area contributed by atoms with E-state index >= 15 is 0 Å². The van der Waals surface area contributed by atoms with Crippen molar-refractivity contribution < 1.29 is 23.9 Å². The first kappa shape index (κ1) is 22.6. The standard InChI is InChI=1S/C18H30N4O5/c1-17(2,3)26-15(24)11-22(12-16(25)27-18(4,5)6)14(23)10-21-8-7-20-13(21)9-19/h7-8H,9-12,19H2,1-6H3. The van der Waals surface area contributed by atoms with Crippen LogP contribution in [0.5, 0.6) is 0 Å². The van der Waals surface area contributed by atoms with Crippen molar-refractivity contribution in [2.45, 2.75) is 65.8 Å². The monoisotopic (exact) mass is 382 g/mol. The second kappa shape index (κ2) is 8.98. The number of carbonyl (C=O) groups is 3. The quantitative estimate of drug-likeness (QED) is 0.695. The number of amides is 1. The summed E-state index contributed by atoms with van der Waals surface area (Å²) in [4.78, 5) is 42.2. The molecule has 0 aliphatic heterocycles.